The molecule has 6 heteroatoms. The van der Waals surface area contributed by atoms with Crippen LogP contribution in [0.3, 0.4) is 0 Å². The van der Waals surface area contributed by atoms with Gasteiger partial charge in [0.05, 0.1) is 6.04 Å². The molecular weight excluding hydrogens is 263 g/mol. The molecule has 1 atom stereocenters. The van der Waals surface area contributed by atoms with Gasteiger partial charge in [0, 0.05) is 5.56 Å². The van der Waals surface area contributed by atoms with E-state index in [1.165, 1.54) is 29.5 Å². The van der Waals surface area contributed by atoms with Crippen molar-refractivity contribution in [3.63, 3.8) is 0 Å². The number of nitrogens with two attached hydrogens (primary N) is 1. The van der Waals surface area contributed by atoms with Gasteiger partial charge < -0.3 is 10.5 Å². The molecule has 1 heterocycles. The van der Waals surface area contributed by atoms with Crippen LogP contribution in [0.4, 0.5) is 13.2 Å². The van der Waals surface area contributed by atoms with Gasteiger partial charge >= 0.3 is 6.36 Å². The molecule has 0 aliphatic rings. The Hall–Kier alpha value is -1.53. The van der Waals surface area contributed by atoms with E-state index in [-0.39, 0.29) is 5.75 Å². The molecule has 1 aromatic carbocycles. The van der Waals surface area contributed by atoms with Crippen LogP contribution < -0.4 is 10.5 Å². The van der Waals surface area contributed by atoms with E-state index >= 15 is 0 Å². The second kappa shape index (κ2) is 4.99. The van der Waals surface area contributed by atoms with E-state index in [1.54, 1.807) is 17.5 Å². The van der Waals surface area contributed by atoms with Gasteiger partial charge in [0.15, 0.2) is 0 Å². The molecule has 2 aromatic rings. The predicted molar refractivity (Wildman–Crippen MR) is 63.5 cm³/mol. The van der Waals surface area contributed by atoms with Crippen LogP contribution in [0.25, 0.3) is 0 Å². The second-order valence-electron chi connectivity index (χ2n) is 3.62. The lowest BCUT2D eigenvalue weighted by Crippen LogP contribution is -2.20. The molecule has 0 fully saturated rings. The number of thiophene rings is 1. The highest BCUT2D eigenvalue weighted by molar-refractivity contribution is 7.08. The van der Waals surface area contributed by atoms with E-state index in [2.05, 4.69) is 4.74 Å². The number of halogens is 3. The minimum atomic E-state index is -4.72. The normalized spacial score (nSPS) is 13.3. The summed E-state index contributed by atoms with van der Waals surface area (Å²) >= 11 is 1.44. The minimum absolute atomic E-state index is 0.260. The zero-order chi connectivity index (χ0) is 13.2. The van der Waals surface area contributed by atoms with E-state index < -0.39 is 12.4 Å². The number of para-hydroxylation sites is 1. The Balaban J connectivity index is 2.33. The highest BCUT2D eigenvalue weighted by Crippen LogP contribution is 2.32. The molecule has 2 nitrogen and oxygen atoms in total. The topological polar surface area (TPSA) is 35.2 Å². The summed E-state index contributed by atoms with van der Waals surface area (Å²) in [5.41, 5.74) is 7.02. The molecule has 0 saturated heterocycles. The largest absolute Gasteiger partial charge is 0.573 e. The summed E-state index contributed by atoms with van der Waals surface area (Å²) in [6.07, 6.45) is -4.72. The summed E-state index contributed by atoms with van der Waals surface area (Å²) in [6, 6.07) is 7.04. The van der Waals surface area contributed by atoms with Crippen molar-refractivity contribution >= 4 is 11.3 Å². The molecule has 18 heavy (non-hydrogen) atoms. The number of hydrogen-bond acceptors (Lipinski definition) is 3. The molecule has 2 rings (SSSR count). The van der Waals surface area contributed by atoms with Crippen LogP contribution in [-0.4, -0.2) is 6.36 Å². The predicted octanol–water partition coefficient (Wildman–Crippen LogP) is 3.69. The summed E-state index contributed by atoms with van der Waals surface area (Å²) in [5.74, 6) is -0.260. The SMILES string of the molecule is N[C@H](c1ccsc1)c1ccccc1OC(F)(F)F. The number of alkyl halides is 3. The van der Waals surface area contributed by atoms with Crippen LogP contribution in [0.15, 0.2) is 41.1 Å². The van der Waals surface area contributed by atoms with Crippen molar-refractivity contribution < 1.29 is 17.9 Å². The molecule has 0 bridgehead atoms. The molecule has 0 aliphatic carbocycles. The van der Waals surface area contributed by atoms with Crippen LogP contribution in [0.2, 0.25) is 0 Å². The van der Waals surface area contributed by atoms with Crippen LogP contribution in [0.1, 0.15) is 17.2 Å². The van der Waals surface area contributed by atoms with Gasteiger partial charge in [-0.2, -0.15) is 11.3 Å². The van der Waals surface area contributed by atoms with E-state index in [1.807, 2.05) is 5.38 Å². The zero-order valence-corrected chi connectivity index (χ0v) is 9.96. The Morgan fingerprint density at radius 1 is 1.17 bits per heavy atom. The Morgan fingerprint density at radius 3 is 2.50 bits per heavy atom. The standard InChI is InChI=1S/C12H10F3NOS/c13-12(14,15)17-10-4-2-1-3-9(10)11(16)8-5-6-18-7-8/h1-7,11H,16H2/t11-/m1/s1. The number of benzene rings is 1. The molecule has 2 N–H and O–H groups in total. The van der Waals surface area contributed by atoms with E-state index in [0.717, 1.165) is 5.56 Å². The summed E-state index contributed by atoms with van der Waals surface area (Å²) in [7, 11) is 0. The van der Waals surface area contributed by atoms with Crippen molar-refractivity contribution in [3.05, 3.63) is 52.2 Å². The molecule has 0 spiro atoms. The lowest BCUT2D eigenvalue weighted by molar-refractivity contribution is -0.274. The lowest BCUT2D eigenvalue weighted by Gasteiger charge is -2.17. The van der Waals surface area contributed by atoms with Gasteiger partial charge in [-0.15, -0.1) is 13.2 Å². The first-order chi connectivity index (χ1) is 8.47. The first-order valence-corrected chi connectivity index (χ1v) is 6.04. The van der Waals surface area contributed by atoms with E-state index in [0.29, 0.717) is 5.56 Å². The zero-order valence-electron chi connectivity index (χ0n) is 9.15. The van der Waals surface area contributed by atoms with Crippen LogP contribution >= 0.6 is 11.3 Å². The number of rotatable bonds is 3. The van der Waals surface area contributed by atoms with Crippen molar-refractivity contribution in [2.45, 2.75) is 12.4 Å². The van der Waals surface area contributed by atoms with Gasteiger partial charge in [0.25, 0.3) is 0 Å². The van der Waals surface area contributed by atoms with Gasteiger partial charge in [0.2, 0.25) is 0 Å². The van der Waals surface area contributed by atoms with Crippen molar-refractivity contribution in [3.8, 4) is 5.75 Å². The second-order valence-corrected chi connectivity index (χ2v) is 4.40. The van der Waals surface area contributed by atoms with Crippen molar-refractivity contribution in [1.82, 2.24) is 0 Å². The smallest absolute Gasteiger partial charge is 0.405 e. The molecular formula is C12H10F3NOS. The fraction of sp³-hybridized carbons (Fsp3) is 0.167. The average molecular weight is 273 g/mol. The average Bonchev–Trinajstić information content (AvgIpc) is 2.80. The molecule has 0 saturated carbocycles. The third-order valence-electron chi connectivity index (χ3n) is 2.38. The quantitative estimate of drug-likeness (QED) is 0.925. The molecule has 0 amide bonds. The Bertz CT molecular complexity index is 510. The fourth-order valence-electron chi connectivity index (χ4n) is 1.59. The third-order valence-corrected chi connectivity index (χ3v) is 3.08. The van der Waals surface area contributed by atoms with Gasteiger partial charge in [-0.3, -0.25) is 0 Å². The Kier molecular flexibility index (Phi) is 3.58. The summed E-state index contributed by atoms with van der Waals surface area (Å²) in [4.78, 5) is 0. The van der Waals surface area contributed by atoms with Gasteiger partial charge in [-0.05, 0) is 28.5 Å². The van der Waals surface area contributed by atoms with Crippen LogP contribution in [-0.2, 0) is 0 Å². The first kappa shape index (κ1) is 12.9. The maximum Gasteiger partial charge on any atom is 0.573 e. The summed E-state index contributed by atoms with van der Waals surface area (Å²) < 4.78 is 40.8. The molecule has 0 radical (unpaired) electrons. The molecule has 1 aromatic heterocycles. The summed E-state index contributed by atoms with van der Waals surface area (Å²) in [6.45, 7) is 0. The number of ether oxygens (including phenoxy) is 1. The fourth-order valence-corrected chi connectivity index (χ4v) is 2.28. The van der Waals surface area contributed by atoms with Crippen molar-refractivity contribution in [2.24, 2.45) is 5.73 Å². The van der Waals surface area contributed by atoms with Crippen LogP contribution in [0, 0.1) is 0 Å². The third kappa shape index (κ3) is 3.02. The van der Waals surface area contributed by atoms with Crippen molar-refractivity contribution in [2.75, 3.05) is 0 Å². The summed E-state index contributed by atoms with van der Waals surface area (Å²) in [5, 5.41) is 3.62. The lowest BCUT2D eigenvalue weighted by atomic mass is 10.0. The molecule has 0 aliphatic heterocycles. The Morgan fingerprint density at radius 2 is 1.89 bits per heavy atom. The highest BCUT2D eigenvalue weighted by atomic mass is 32.1. The maximum absolute atomic E-state index is 12.3. The van der Waals surface area contributed by atoms with Crippen molar-refractivity contribution in [1.29, 1.82) is 0 Å². The molecule has 96 valence electrons. The van der Waals surface area contributed by atoms with E-state index in [4.69, 9.17) is 5.73 Å². The van der Waals surface area contributed by atoms with E-state index in [9.17, 15) is 13.2 Å². The highest BCUT2D eigenvalue weighted by Gasteiger charge is 2.32. The van der Waals surface area contributed by atoms with Gasteiger partial charge in [0.1, 0.15) is 5.75 Å². The van der Waals surface area contributed by atoms with Crippen LogP contribution in [0.5, 0.6) is 5.75 Å². The minimum Gasteiger partial charge on any atom is -0.405 e. The first-order valence-electron chi connectivity index (χ1n) is 5.10. The number of hydrogen-bond donors (Lipinski definition) is 1. The molecule has 0 unspecified atom stereocenters. The monoisotopic (exact) mass is 273 g/mol. The Labute approximate surface area is 106 Å². The van der Waals surface area contributed by atoms with Gasteiger partial charge in [-0.1, -0.05) is 18.2 Å². The maximum atomic E-state index is 12.3. The van der Waals surface area contributed by atoms with Gasteiger partial charge in [-0.25, -0.2) is 0 Å².